The Bertz CT molecular complexity index is 686. The van der Waals surface area contributed by atoms with E-state index in [1.54, 1.807) is 0 Å². The number of aromatic nitrogens is 1. The summed E-state index contributed by atoms with van der Waals surface area (Å²) < 4.78 is 7.21. The molecule has 0 saturated carbocycles. The summed E-state index contributed by atoms with van der Waals surface area (Å²) in [6, 6.07) is 13.3. The molecule has 1 aromatic carbocycles. The fraction of sp³-hybridized carbons (Fsp3) is 0.200. The molecule has 1 N–H and O–H groups in total. The predicted molar refractivity (Wildman–Crippen MR) is 93.4 cm³/mol. The van der Waals surface area contributed by atoms with Gasteiger partial charge in [0.25, 0.3) is 0 Å². The normalized spacial score (nSPS) is 17.1. The number of benzene rings is 1. The Kier molecular flexibility index (Phi) is 5.36. The second-order valence-electron chi connectivity index (χ2n) is 6.36. The number of fused-ring (bicyclic) bond motifs is 1. The molecule has 0 aliphatic heterocycles. The molecule has 1 unspecified atom stereocenters. The molecule has 0 amide bonds. The van der Waals surface area contributed by atoms with Crippen molar-refractivity contribution in [2.24, 2.45) is 0 Å². The van der Waals surface area contributed by atoms with E-state index in [2.05, 4.69) is 75.9 Å². The average molecular weight is 406 g/mol. The summed E-state index contributed by atoms with van der Waals surface area (Å²) in [6.07, 6.45) is 6.80. The maximum absolute atomic E-state index is 3.49. The summed E-state index contributed by atoms with van der Waals surface area (Å²) in [5.74, 6) is 0. The van der Waals surface area contributed by atoms with Crippen LogP contribution in [0.4, 0.5) is 0 Å². The maximum atomic E-state index is 3.49. The summed E-state index contributed by atoms with van der Waals surface area (Å²) >= 11 is -2.93. The Morgan fingerprint density at radius 1 is 1.05 bits per heavy atom. The van der Waals surface area contributed by atoms with E-state index >= 15 is 0 Å². The monoisotopic (exact) mass is 403 g/mol. The van der Waals surface area contributed by atoms with Crippen LogP contribution >= 0.6 is 24.8 Å². The molecular weight excluding hydrogens is 384 g/mol. The van der Waals surface area contributed by atoms with Crippen molar-refractivity contribution >= 4 is 41.2 Å². The van der Waals surface area contributed by atoms with Crippen molar-refractivity contribution in [1.29, 1.82) is 0 Å². The number of rotatable bonds is 2. The van der Waals surface area contributed by atoms with Gasteiger partial charge in [-0.15, -0.1) is 24.8 Å². The quantitative estimate of drug-likeness (QED) is 0.735. The fourth-order valence-electron chi connectivity index (χ4n) is 3.07. The summed E-state index contributed by atoms with van der Waals surface area (Å²) in [5, 5.41) is 0. The Morgan fingerprint density at radius 2 is 1.75 bits per heavy atom. The van der Waals surface area contributed by atoms with E-state index < -0.39 is 17.4 Å². The van der Waals surface area contributed by atoms with Gasteiger partial charge < -0.3 is 0 Å². The molecule has 1 aliphatic carbocycles. The average Bonchev–Trinajstić information content (AvgIpc) is 2.99. The third kappa shape index (κ3) is 2.78. The molecule has 2 aromatic rings. The van der Waals surface area contributed by atoms with Gasteiger partial charge in [-0.2, -0.15) is 0 Å². The van der Waals surface area contributed by atoms with Gasteiger partial charge in [-0.3, -0.25) is 0 Å². The molecule has 0 saturated heterocycles. The van der Waals surface area contributed by atoms with Crippen LogP contribution in [0.3, 0.4) is 0 Å². The molecule has 5 heteroatoms. The Hall–Kier alpha value is -0.0800. The Balaban J connectivity index is 0.000001000. The second-order valence-corrected chi connectivity index (χ2v) is 35.9. The number of allylic oxidation sites excluding steroid dienone is 1. The minimum absolute atomic E-state index is 0. The summed E-state index contributed by atoms with van der Waals surface area (Å²) in [6.45, 7) is 2.29. The standard InChI is InChI=1S/C9H7.C4H4N.2CH3.2ClH.H2Si.Zr/c1-2-5-9-7-3-6-8(9)4-1;1-2-4-5-3-1;;;;;;/h1-7H;1-3,5H;2*1H3;2*1H;1H2;. The molecule has 1 aliphatic rings. The van der Waals surface area contributed by atoms with Crippen molar-refractivity contribution in [3.05, 3.63) is 59.8 Å². The molecule has 0 bridgehead atoms. The first kappa shape index (κ1) is 18.0. The van der Waals surface area contributed by atoms with Gasteiger partial charge in [0.15, 0.2) is 0 Å². The van der Waals surface area contributed by atoms with E-state index in [0.717, 1.165) is 0 Å². The SMILES string of the molecule is Cl.Cl.[CH3][Zr]([CH3])(=[SiH2])([c]1ccc[nH]1)[CH]1C=Cc2ccccc21. The third-order valence-electron chi connectivity index (χ3n) is 4.28. The third-order valence-corrected chi connectivity index (χ3v) is 20.4. The van der Waals surface area contributed by atoms with Crippen LogP contribution in [0.1, 0.15) is 14.8 Å². The molecule has 0 spiro atoms. The van der Waals surface area contributed by atoms with Gasteiger partial charge in [0.2, 0.25) is 0 Å². The van der Waals surface area contributed by atoms with Gasteiger partial charge in [0, 0.05) is 0 Å². The topological polar surface area (TPSA) is 15.8 Å². The van der Waals surface area contributed by atoms with Crippen molar-refractivity contribution in [2.45, 2.75) is 12.9 Å². The van der Waals surface area contributed by atoms with Crippen molar-refractivity contribution in [1.82, 2.24) is 4.98 Å². The van der Waals surface area contributed by atoms with Crippen LogP contribution < -0.4 is 3.40 Å². The van der Waals surface area contributed by atoms with Crippen molar-refractivity contribution < 1.29 is 17.4 Å². The predicted octanol–water partition coefficient (Wildman–Crippen LogP) is 3.59. The van der Waals surface area contributed by atoms with Gasteiger partial charge in [-0.1, -0.05) is 0 Å². The molecule has 0 radical (unpaired) electrons. The molecule has 1 atom stereocenters. The molecule has 0 fully saturated rings. The molecule has 1 nitrogen and oxygen atoms in total. The first-order valence-corrected chi connectivity index (χ1v) is 19.9. The van der Waals surface area contributed by atoms with Crippen LogP contribution in [0.25, 0.3) is 6.08 Å². The number of halogens is 2. The Morgan fingerprint density at radius 3 is 2.40 bits per heavy atom. The van der Waals surface area contributed by atoms with Crippen LogP contribution in [0, 0.1) is 0 Å². The molecule has 20 heavy (non-hydrogen) atoms. The van der Waals surface area contributed by atoms with Crippen molar-refractivity contribution in [3.63, 3.8) is 0 Å². The zero-order valence-electron chi connectivity index (χ0n) is 11.8. The van der Waals surface area contributed by atoms with Gasteiger partial charge >= 0.3 is 111 Å². The first-order valence-electron chi connectivity index (χ1n) is 6.46. The van der Waals surface area contributed by atoms with Crippen molar-refractivity contribution in [2.75, 3.05) is 0 Å². The van der Waals surface area contributed by atoms with Crippen LogP contribution in [0.5, 0.6) is 0 Å². The zero-order valence-corrected chi connectivity index (χ0v) is 17.3. The molecule has 108 valence electrons. The van der Waals surface area contributed by atoms with Gasteiger partial charge in [0.05, 0.1) is 0 Å². The van der Waals surface area contributed by atoms with Gasteiger partial charge in [-0.05, 0) is 0 Å². The van der Waals surface area contributed by atoms with Gasteiger partial charge in [0.1, 0.15) is 0 Å². The van der Waals surface area contributed by atoms with Crippen LogP contribution in [-0.4, -0.2) is 11.9 Å². The van der Waals surface area contributed by atoms with E-state index in [1.165, 1.54) is 14.5 Å². The summed E-state index contributed by atoms with van der Waals surface area (Å²) in [5.41, 5.74) is 2.93. The van der Waals surface area contributed by atoms with E-state index in [1.807, 2.05) is 0 Å². The fourth-order valence-corrected chi connectivity index (χ4v) is 15.1. The number of nitrogens with one attached hydrogen (secondary N) is 1. The van der Waals surface area contributed by atoms with Crippen LogP contribution in [-0.2, 0) is 17.4 Å². The zero-order chi connectivity index (χ0) is 12.8. The summed E-state index contributed by atoms with van der Waals surface area (Å²) in [7, 11) is 0. The minimum atomic E-state index is -2.93. The molecular formula is C15H21Cl2NSiZr. The van der Waals surface area contributed by atoms with Crippen LogP contribution in [0.2, 0.25) is 9.26 Å². The van der Waals surface area contributed by atoms with Gasteiger partial charge in [-0.25, -0.2) is 0 Å². The first-order chi connectivity index (χ1) is 8.47. The van der Waals surface area contributed by atoms with Crippen molar-refractivity contribution in [3.8, 4) is 0 Å². The summed E-state index contributed by atoms with van der Waals surface area (Å²) in [4.78, 5) is 3.49. The molecule has 1 heterocycles. The Labute approximate surface area is 135 Å². The second kappa shape index (κ2) is 5.96. The van der Waals surface area contributed by atoms with E-state index in [9.17, 15) is 0 Å². The van der Waals surface area contributed by atoms with Crippen LogP contribution in [0.15, 0.2) is 48.7 Å². The van der Waals surface area contributed by atoms with E-state index in [4.69, 9.17) is 0 Å². The van der Waals surface area contributed by atoms with E-state index in [-0.39, 0.29) is 24.8 Å². The van der Waals surface area contributed by atoms with E-state index in [0.29, 0.717) is 3.63 Å². The number of aromatic amines is 1. The number of hydrogen-bond acceptors (Lipinski definition) is 0. The molecule has 3 rings (SSSR count). The molecule has 1 aromatic heterocycles. The number of hydrogen-bond donors (Lipinski definition) is 1. The number of H-pyrrole nitrogens is 1.